The molecule has 0 amide bonds. The fraction of sp³-hybridized carbons (Fsp3) is 0.667. The summed E-state index contributed by atoms with van der Waals surface area (Å²) >= 11 is 0. The Morgan fingerprint density at radius 2 is 1.25 bits per heavy atom. The molecule has 0 aromatic heterocycles. The maximum absolute atomic E-state index is 10.1. The Bertz CT molecular complexity index is 296. The van der Waals surface area contributed by atoms with E-state index in [0.29, 0.717) is 0 Å². The van der Waals surface area contributed by atoms with E-state index in [1.54, 1.807) is 0 Å². The van der Waals surface area contributed by atoms with Crippen molar-refractivity contribution >= 4 is 55.6 Å². The minimum atomic E-state index is -2.47. The fourth-order valence-electron chi connectivity index (χ4n) is 0.659. The Morgan fingerprint density at radius 3 is 1.45 bits per heavy atom. The second-order valence-electron chi connectivity index (χ2n) is 3.25. The Balaban J connectivity index is -0.000000414. The van der Waals surface area contributed by atoms with Crippen LogP contribution in [-0.2, 0) is 14.4 Å². The van der Waals surface area contributed by atoms with Gasteiger partial charge >= 0.3 is 43.7 Å². The van der Waals surface area contributed by atoms with Gasteiger partial charge in [-0.2, -0.15) is 0 Å². The molecule has 0 fully saturated rings. The number of aliphatic hydroxyl groups excluding tert-OH is 4. The molecule has 0 aromatic rings. The number of hydrogen-bond donors (Lipinski definition) is 5. The predicted octanol–water partition coefficient (Wildman–Crippen LogP) is -5.97. The quantitative estimate of drug-likeness (QED) is 0.293. The van der Waals surface area contributed by atoms with Gasteiger partial charge in [0.05, 0.1) is 5.97 Å². The predicted molar refractivity (Wildman–Crippen MR) is 57.7 cm³/mol. The molecule has 11 heteroatoms. The topological polar surface area (TPSA) is 198 Å². The van der Waals surface area contributed by atoms with Crippen LogP contribution in [0.5, 0.6) is 0 Å². The van der Waals surface area contributed by atoms with Gasteiger partial charge in [0.25, 0.3) is 0 Å². The zero-order valence-electron chi connectivity index (χ0n) is 10.5. The van der Waals surface area contributed by atoms with Crippen molar-refractivity contribution in [1.82, 2.24) is 0 Å². The van der Waals surface area contributed by atoms with E-state index in [2.05, 4.69) is 0 Å². The molecule has 0 aliphatic rings. The van der Waals surface area contributed by atoms with Gasteiger partial charge in [0.1, 0.15) is 18.3 Å². The SMILES string of the molecule is CCC(=O)[O-].O=C([O-])C(O)C(O)C(O)C(O)C(=O)O.[Ca+2]. The Labute approximate surface area is 143 Å². The normalized spacial score (nSPS) is 15.4. The average molecular weight is 322 g/mol. The molecule has 0 aromatic carbocycles. The van der Waals surface area contributed by atoms with E-state index in [4.69, 9.17) is 25.5 Å². The third-order valence-corrected chi connectivity index (χ3v) is 1.78. The zero-order valence-corrected chi connectivity index (χ0v) is 12.7. The van der Waals surface area contributed by atoms with Gasteiger partial charge in [-0.25, -0.2) is 4.79 Å². The summed E-state index contributed by atoms with van der Waals surface area (Å²) in [6.07, 6.45) is -9.41. The molecular formula is C9H14CaO10. The van der Waals surface area contributed by atoms with Crippen LogP contribution in [0.2, 0.25) is 0 Å². The second-order valence-corrected chi connectivity index (χ2v) is 3.25. The van der Waals surface area contributed by atoms with Crippen molar-refractivity contribution in [3.63, 3.8) is 0 Å². The number of carbonyl (C=O) groups excluding carboxylic acids is 2. The van der Waals surface area contributed by atoms with Crippen LogP contribution in [0.3, 0.4) is 0 Å². The van der Waals surface area contributed by atoms with Gasteiger partial charge < -0.3 is 45.3 Å². The number of hydrogen-bond acceptors (Lipinski definition) is 9. The van der Waals surface area contributed by atoms with Gasteiger partial charge in [-0.15, -0.1) is 0 Å². The first-order valence-electron chi connectivity index (χ1n) is 4.92. The number of carboxylic acids is 3. The summed E-state index contributed by atoms with van der Waals surface area (Å²) in [7, 11) is 0. The van der Waals surface area contributed by atoms with Crippen LogP contribution >= 0.6 is 0 Å². The summed E-state index contributed by atoms with van der Waals surface area (Å²) in [6.45, 7) is 1.54. The van der Waals surface area contributed by atoms with Crippen molar-refractivity contribution in [3.8, 4) is 0 Å². The first-order chi connectivity index (χ1) is 8.56. The van der Waals surface area contributed by atoms with E-state index in [0.717, 1.165) is 0 Å². The van der Waals surface area contributed by atoms with E-state index in [1.165, 1.54) is 6.92 Å². The van der Waals surface area contributed by atoms with Crippen molar-refractivity contribution in [2.45, 2.75) is 37.8 Å². The molecule has 0 bridgehead atoms. The number of carbonyl (C=O) groups is 3. The maximum Gasteiger partial charge on any atom is 2.00 e. The summed E-state index contributed by atoms with van der Waals surface area (Å²) < 4.78 is 0. The van der Waals surface area contributed by atoms with Crippen molar-refractivity contribution in [3.05, 3.63) is 0 Å². The van der Waals surface area contributed by atoms with E-state index >= 15 is 0 Å². The minimum absolute atomic E-state index is 0. The summed E-state index contributed by atoms with van der Waals surface area (Å²) in [5.41, 5.74) is 0. The molecule has 0 radical (unpaired) electrons. The summed E-state index contributed by atoms with van der Waals surface area (Å²) in [6, 6.07) is 0. The molecule has 0 spiro atoms. The Hall–Kier alpha value is -0.490. The molecular weight excluding hydrogens is 308 g/mol. The molecule has 4 atom stereocenters. The van der Waals surface area contributed by atoms with Crippen LogP contribution in [0.15, 0.2) is 0 Å². The Morgan fingerprint density at radius 1 is 0.950 bits per heavy atom. The maximum atomic E-state index is 10.1. The molecule has 0 aliphatic heterocycles. The molecule has 0 saturated carbocycles. The van der Waals surface area contributed by atoms with Crippen LogP contribution in [-0.4, -0.2) is 106 Å². The van der Waals surface area contributed by atoms with Gasteiger partial charge in [-0.1, -0.05) is 6.92 Å². The molecule has 5 N–H and O–H groups in total. The third-order valence-electron chi connectivity index (χ3n) is 1.78. The fourth-order valence-corrected chi connectivity index (χ4v) is 0.659. The number of carboxylic acid groups (broad SMARTS) is 3. The van der Waals surface area contributed by atoms with Gasteiger partial charge in [0, 0.05) is 5.97 Å². The molecule has 20 heavy (non-hydrogen) atoms. The van der Waals surface area contributed by atoms with Crippen molar-refractivity contribution < 1.29 is 50.1 Å². The summed E-state index contributed by atoms with van der Waals surface area (Å²) in [5, 5.41) is 62.3. The minimum Gasteiger partial charge on any atom is -0.550 e. The van der Waals surface area contributed by atoms with Crippen LogP contribution in [0.25, 0.3) is 0 Å². The largest absolute Gasteiger partial charge is 2.00 e. The molecule has 0 saturated heterocycles. The van der Waals surface area contributed by atoms with Crippen LogP contribution < -0.4 is 10.2 Å². The standard InChI is InChI=1S/C6H10O8.C3H6O2.Ca/c7-1(3(9)5(11)12)2(8)4(10)6(13)14;1-2-3(4)5;/h1-4,7-10H,(H,11,12)(H,13,14);2H2,1H3,(H,4,5);/q;;+2/p-2. The van der Waals surface area contributed by atoms with Crippen molar-refractivity contribution in [2.24, 2.45) is 0 Å². The van der Waals surface area contributed by atoms with Gasteiger partial charge in [-0.05, 0) is 6.42 Å². The molecule has 0 heterocycles. The third kappa shape index (κ3) is 10.3. The van der Waals surface area contributed by atoms with E-state index in [9.17, 15) is 24.6 Å². The first kappa shape index (κ1) is 24.5. The van der Waals surface area contributed by atoms with E-state index in [-0.39, 0.29) is 44.2 Å². The number of aliphatic hydroxyl groups is 4. The first-order valence-corrected chi connectivity index (χ1v) is 4.92. The molecule has 0 rings (SSSR count). The number of rotatable bonds is 6. The van der Waals surface area contributed by atoms with Gasteiger partial charge in [-0.3, -0.25) is 0 Å². The van der Waals surface area contributed by atoms with E-state index < -0.39 is 42.3 Å². The van der Waals surface area contributed by atoms with Crippen LogP contribution in [0.4, 0.5) is 0 Å². The van der Waals surface area contributed by atoms with Gasteiger partial charge in [0.15, 0.2) is 6.10 Å². The summed E-state index contributed by atoms with van der Waals surface area (Å²) in [4.78, 5) is 29.3. The summed E-state index contributed by atoms with van der Waals surface area (Å²) in [5.74, 6) is -4.94. The monoisotopic (exact) mass is 322 g/mol. The van der Waals surface area contributed by atoms with Crippen LogP contribution in [0, 0.1) is 0 Å². The smallest absolute Gasteiger partial charge is 0.550 e. The second kappa shape index (κ2) is 12.3. The Kier molecular flexibility index (Phi) is 15.0. The molecule has 112 valence electrons. The van der Waals surface area contributed by atoms with Crippen molar-refractivity contribution in [2.75, 3.05) is 0 Å². The average Bonchev–Trinajstić information content (AvgIpc) is 2.35. The molecule has 0 aliphatic carbocycles. The van der Waals surface area contributed by atoms with Gasteiger partial charge in [0.2, 0.25) is 0 Å². The molecule has 4 unspecified atom stereocenters. The van der Waals surface area contributed by atoms with Crippen molar-refractivity contribution in [1.29, 1.82) is 0 Å². The number of aliphatic carboxylic acids is 3. The zero-order chi connectivity index (χ0) is 15.7. The molecule has 10 nitrogen and oxygen atoms in total. The van der Waals surface area contributed by atoms with Crippen LogP contribution in [0.1, 0.15) is 13.3 Å². The van der Waals surface area contributed by atoms with E-state index in [1.807, 2.05) is 0 Å².